The minimum atomic E-state index is -0.592. The summed E-state index contributed by atoms with van der Waals surface area (Å²) in [6.45, 7) is 14.7. The van der Waals surface area contributed by atoms with E-state index in [1.807, 2.05) is 18.0 Å². The number of nitrogens with one attached hydrogen (secondary N) is 5. The van der Waals surface area contributed by atoms with E-state index in [1.54, 1.807) is 11.0 Å². The second-order valence-corrected chi connectivity index (χ2v) is 31.0. The number of alkyl halides is 2. The average Bonchev–Trinajstić information content (AvgIpc) is 1.13. The summed E-state index contributed by atoms with van der Waals surface area (Å²) in [6.07, 6.45) is 23.9. The van der Waals surface area contributed by atoms with Crippen LogP contribution in [0.5, 0.6) is 0 Å². The molecule has 4 saturated carbocycles. The molecular formula is C71H118Cl2N12O11. The molecule has 0 radical (unpaired) electrons. The molecule has 0 aromatic carbocycles. The van der Waals surface area contributed by atoms with Gasteiger partial charge in [-0.3, -0.25) is 44.9 Å². The monoisotopic (exact) mass is 1380 g/mol. The van der Waals surface area contributed by atoms with Crippen LogP contribution in [0.1, 0.15) is 148 Å². The standard InChI is InChI=1S/C71H118Cl2N12O11/c1-49-18-20-53(44-59(49)73)75-70(90)76-60(51-19-21-56-52(43-51)45-85(69(56)89)63-22-23-64(86)78-68(63)88)15-5-4-6-33-91-35-37-93-39-41-95-42-40-94-38-36-92-34-32-80(2)27-10-17-65(87)84-31-30-83(46-54(84)24-26-74)67-57-25-29-82(62-16-8-12-50-11-7-14-58(72)66(50)62)47-61(57)77-71(79-67)96-48-55-13-9-28-81(55)3/h10,17,49-63,66-67,71,77,79H,4-9,11-16,18-25,27-48H2,1-3H3,(H2,75,76,90)(H,78,86,88)/b17-10+/t49?,50?,51?,52?,53?,54-,55-,56?,57?,58?,59?,60?,61?,62?,63?,66?,67?,71?/m0/s1. The summed E-state index contributed by atoms with van der Waals surface area (Å²) in [5.41, 5.74) is 0. The van der Waals surface area contributed by atoms with Gasteiger partial charge in [0.25, 0.3) is 0 Å². The predicted octanol–water partition coefficient (Wildman–Crippen LogP) is 5.87. The molecule has 6 heterocycles. The minimum absolute atomic E-state index is 0.0226. The van der Waals surface area contributed by atoms with Gasteiger partial charge in [-0.25, -0.2) is 4.79 Å². The molecule has 18 atom stereocenters. The van der Waals surface area contributed by atoms with Gasteiger partial charge in [0.2, 0.25) is 23.6 Å². The third-order valence-electron chi connectivity index (χ3n) is 23.5. The van der Waals surface area contributed by atoms with Gasteiger partial charge < -0.3 is 58.7 Å². The lowest BCUT2D eigenvalue weighted by Crippen LogP contribution is -2.74. The number of ether oxygens (including phenoxy) is 6. The number of piperazine rings is 1. The van der Waals surface area contributed by atoms with Crippen LogP contribution in [0.2, 0.25) is 0 Å². The van der Waals surface area contributed by atoms with Crippen LogP contribution in [0.3, 0.4) is 0 Å². The third-order valence-corrected chi connectivity index (χ3v) is 24.6. The maximum atomic E-state index is 13.8. The number of imide groups is 1. The molecule has 6 aliphatic heterocycles. The van der Waals surface area contributed by atoms with E-state index in [-0.39, 0.29) is 108 Å². The first kappa shape index (κ1) is 75.3. The van der Waals surface area contributed by atoms with Gasteiger partial charge in [-0.2, -0.15) is 5.26 Å². The van der Waals surface area contributed by atoms with Crippen molar-refractivity contribution in [3.8, 4) is 6.07 Å². The van der Waals surface area contributed by atoms with E-state index in [4.69, 9.17) is 51.6 Å². The average molecular weight is 1390 g/mol. The van der Waals surface area contributed by atoms with Crippen LogP contribution in [-0.2, 0) is 47.6 Å². The van der Waals surface area contributed by atoms with Crippen molar-refractivity contribution in [1.29, 1.82) is 5.26 Å². The Labute approximate surface area is 582 Å². The quantitative estimate of drug-likeness (QED) is 0.0219. The highest BCUT2D eigenvalue weighted by molar-refractivity contribution is 6.21. The maximum absolute atomic E-state index is 13.8. The number of fused-ring (bicyclic) bond motifs is 3. The number of hydrogen-bond donors (Lipinski definition) is 5. The molecule has 10 aliphatic rings. The Balaban J connectivity index is 0.545. The van der Waals surface area contributed by atoms with Crippen molar-refractivity contribution in [2.24, 2.45) is 41.4 Å². The highest BCUT2D eigenvalue weighted by Gasteiger charge is 2.51. The van der Waals surface area contributed by atoms with E-state index in [2.05, 4.69) is 66.2 Å². The van der Waals surface area contributed by atoms with Crippen molar-refractivity contribution in [2.45, 2.75) is 214 Å². The van der Waals surface area contributed by atoms with Gasteiger partial charge in [0.1, 0.15) is 6.04 Å². The molecule has 0 bridgehead atoms. The Morgan fingerprint density at radius 2 is 1.49 bits per heavy atom. The zero-order valence-electron chi connectivity index (χ0n) is 58.1. The van der Waals surface area contributed by atoms with E-state index >= 15 is 0 Å². The lowest BCUT2D eigenvalue weighted by atomic mass is 9.67. The third kappa shape index (κ3) is 21.4. The minimum Gasteiger partial charge on any atom is -0.379 e. The number of carbonyl (C=O) groups excluding carboxylic acids is 5. The van der Waals surface area contributed by atoms with Gasteiger partial charge in [0.05, 0.1) is 90.8 Å². The van der Waals surface area contributed by atoms with Crippen molar-refractivity contribution in [3.05, 3.63) is 12.2 Å². The van der Waals surface area contributed by atoms with E-state index < -0.39 is 6.04 Å². The lowest BCUT2D eigenvalue weighted by molar-refractivity contribution is -0.144. The Kier molecular flexibility index (Phi) is 30.3. The van der Waals surface area contributed by atoms with Crippen LogP contribution in [-0.4, -0.2) is 270 Å². The number of nitrogens with zero attached hydrogens (tertiary/aromatic N) is 7. The number of amides is 6. The molecule has 0 aromatic heterocycles. The summed E-state index contributed by atoms with van der Waals surface area (Å²) in [5.74, 6) is 1.65. The fourth-order valence-corrected chi connectivity index (χ4v) is 18.9. The normalized spacial score (nSPS) is 34.4. The summed E-state index contributed by atoms with van der Waals surface area (Å²) in [4.78, 5) is 78.8. The molecule has 5 N–H and O–H groups in total. The van der Waals surface area contributed by atoms with Gasteiger partial charge in [0, 0.05) is 118 Å². The van der Waals surface area contributed by atoms with Crippen LogP contribution in [0.4, 0.5) is 4.79 Å². The molecule has 542 valence electrons. The lowest BCUT2D eigenvalue weighted by Gasteiger charge is -2.56. The SMILES string of the molecule is CC1CCC(NC(=O)NC(CCCCCOCCOCCOCCOCCOCCN(C)C/C=C/C(=O)N2CCN(C3NC(OC[C@@H]4CCCN4C)NC4CN(C5CCCC6CCCC(Cl)C65)CCC43)C[C@@H]2CC#N)C2CCC3C(=O)N(C4CCC(=O)NC4=O)CC3C2)CC1Cl. The number of unbranched alkanes of at least 4 members (excludes halogenated alkanes) is 2. The summed E-state index contributed by atoms with van der Waals surface area (Å²) in [5, 5.41) is 27.2. The molecule has 6 amide bonds. The number of rotatable bonds is 34. The Morgan fingerprint density at radius 3 is 2.22 bits per heavy atom. The molecule has 0 aromatic rings. The largest absolute Gasteiger partial charge is 0.379 e. The first-order valence-corrected chi connectivity index (χ1v) is 38.3. The number of urea groups is 1. The molecule has 0 spiro atoms. The van der Waals surface area contributed by atoms with Crippen LogP contribution in [0, 0.1) is 52.8 Å². The summed E-state index contributed by atoms with van der Waals surface area (Å²) >= 11 is 13.8. The van der Waals surface area contributed by atoms with Crippen molar-refractivity contribution in [3.63, 3.8) is 0 Å². The number of hydrogen-bond acceptors (Lipinski definition) is 18. The maximum Gasteiger partial charge on any atom is 0.315 e. The zero-order valence-corrected chi connectivity index (χ0v) is 59.6. The molecule has 10 rings (SSSR count). The van der Waals surface area contributed by atoms with Gasteiger partial charge in [-0.05, 0) is 147 Å². The van der Waals surface area contributed by atoms with Gasteiger partial charge in [-0.1, -0.05) is 51.5 Å². The molecule has 25 heteroatoms. The van der Waals surface area contributed by atoms with Crippen LogP contribution in [0.15, 0.2) is 12.2 Å². The van der Waals surface area contributed by atoms with Gasteiger partial charge in [-0.15, -0.1) is 23.2 Å². The second kappa shape index (κ2) is 38.6. The Morgan fingerprint density at radius 1 is 0.740 bits per heavy atom. The Bertz CT molecular complexity index is 2530. The molecule has 4 aliphatic carbocycles. The fourth-order valence-electron chi connectivity index (χ4n) is 18.0. The second-order valence-electron chi connectivity index (χ2n) is 29.8. The van der Waals surface area contributed by atoms with E-state index in [0.29, 0.717) is 142 Å². The van der Waals surface area contributed by atoms with E-state index in [1.165, 1.54) is 38.5 Å². The van der Waals surface area contributed by atoms with E-state index in [9.17, 15) is 29.2 Å². The number of piperidine rings is 2. The first-order valence-electron chi connectivity index (χ1n) is 37.4. The van der Waals surface area contributed by atoms with Gasteiger partial charge in [0.15, 0.2) is 6.35 Å². The van der Waals surface area contributed by atoms with Gasteiger partial charge >= 0.3 is 6.03 Å². The fraction of sp³-hybridized carbons (Fsp3) is 0.887. The highest BCUT2D eigenvalue weighted by atomic mass is 35.5. The van der Waals surface area contributed by atoms with Crippen molar-refractivity contribution in [1.82, 2.24) is 56.0 Å². The van der Waals surface area contributed by atoms with Crippen LogP contribution >= 0.6 is 23.2 Å². The molecule has 16 unspecified atom stereocenters. The molecule has 6 saturated heterocycles. The topological polar surface area (TPSA) is 244 Å². The van der Waals surface area contributed by atoms with Crippen LogP contribution < -0.4 is 26.6 Å². The zero-order chi connectivity index (χ0) is 67.3. The number of likely N-dealkylation sites (tertiary alicyclic amines) is 3. The first-order chi connectivity index (χ1) is 46.7. The summed E-state index contributed by atoms with van der Waals surface area (Å²) < 4.78 is 35.6. The highest BCUT2D eigenvalue weighted by Crippen LogP contribution is 2.47. The van der Waals surface area contributed by atoms with E-state index in [0.717, 1.165) is 116 Å². The Hall–Kier alpha value is -3.32. The smallest absolute Gasteiger partial charge is 0.315 e. The number of halogens is 2. The summed E-state index contributed by atoms with van der Waals surface area (Å²) in [7, 11) is 4.21. The molecule has 23 nitrogen and oxygen atoms in total. The van der Waals surface area contributed by atoms with Crippen molar-refractivity contribution < 1.29 is 52.4 Å². The van der Waals surface area contributed by atoms with Crippen molar-refractivity contribution >= 4 is 52.9 Å². The molecule has 96 heavy (non-hydrogen) atoms. The molecule has 10 fully saturated rings. The molecular weight excluding hydrogens is 1270 g/mol. The van der Waals surface area contributed by atoms with Crippen LogP contribution in [0.25, 0.3) is 0 Å². The summed E-state index contributed by atoms with van der Waals surface area (Å²) in [6, 6.07) is 2.68. The number of likely N-dealkylation sites (N-methyl/N-ethyl adjacent to an activating group) is 2. The number of carbonyl (C=O) groups is 5. The van der Waals surface area contributed by atoms with Crippen molar-refractivity contribution in [2.75, 3.05) is 146 Å². The predicted molar refractivity (Wildman–Crippen MR) is 368 cm³/mol. The number of nitriles is 1.